The number of rotatable bonds is 2. The van der Waals surface area contributed by atoms with Crippen LogP contribution in [-0.2, 0) is 14.8 Å². The van der Waals surface area contributed by atoms with Crippen molar-refractivity contribution in [2.45, 2.75) is 11.3 Å². The Morgan fingerprint density at radius 2 is 2.12 bits per heavy atom. The zero-order valence-electron chi connectivity index (χ0n) is 9.26. The number of aromatic nitrogens is 1. The van der Waals surface area contributed by atoms with E-state index in [4.69, 9.17) is 4.74 Å². The van der Waals surface area contributed by atoms with E-state index in [1.165, 1.54) is 22.8 Å². The van der Waals surface area contributed by atoms with Crippen LogP contribution < -0.4 is 5.43 Å². The molecule has 94 valence electrons. The maximum absolute atomic E-state index is 12.2. The van der Waals surface area contributed by atoms with E-state index in [0.717, 1.165) is 0 Å². The first-order chi connectivity index (χ1) is 8.12. The third kappa shape index (κ3) is 2.56. The van der Waals surface area contributed by atoms with Gasteiger partial charge in [0.1, 0.15) is 4.90 Å². The van der Waals surface area contributed by atoms with Crippen molar-refractivity contribution in [3.8, 4) is 0 Å². The summed E-state index contributed by atoms with van der Waals surface area (Å²) >= 11 is 0. The maximum Gasteiger partial charge on any atom is 0.248 e. The highest BCUT2D eigenvalue weighted by Crippen LogP contribution is 2.12. The highest BCUT2D eigenvalue weighted by molar-refractivity contribution is 7.89. The number of aromatic amines is 1. The van der Waals surface area contributed by atoms with Crippen molar-refractivity contribution in [1.29, 1.82) is 0 Å². The minimum Gasteiger partial charge on any atom is -0.380 e. The van der Waals surface area contributed by atoms with Crippen LogP contribution in [0.15, 0.2) is 28.2 Å². The van der Waals surface area contributed by atoms with Crippen LogP contribution in [-0.4, -0.2) is 44.0 Å². The molecule has 0 atom stereocenters. The number of sulfonamides is 1. The summed E-state index contributed by atoms with van der Waals surface area (Å²) in [6.07, 6.45) is 3.28. The molecule has 7 heteroatoms. The average molecular weight is 258 g/mol. The molecule has 0 amide bonds. The average Bonchev–Trinajstić information content (AvgIpc) is 2.58. The Morgan fingerprint density at radius 1 is 1.29 bits per heavy atom. The van der Waals surface area contributed by atoms with Crippen molar-refractivity contribution >= 4 is 10.0 Å². The number of pyridine rings is 1. The molecule has 1 aliphatic heterocycles. The Kier molecular flexibility index (Phi) is 3.60. The van der Waals surface area contributed by atoms with Crippen LogP contribution in [0.4, 0.5) is 0 Å². The highest BCUT2D eigenvalue weighted by atomic mass is 32.2. The SMILES string of the molecule is O=c1cc[nH]cc1S(=O)(=O)N1CCCOCC1. The summed E-state index contributed by atoms with van der Waals surface area (Å²) < 4.78 is 30.9. The van der Waals surface area contributed by atoms with E-state index < -0.39 is 15.5 Å². The molecular formula is C10H14N2O4S. The molecule has 1 saturated heterocycles. The highest BCUT2D eigenvalue weighted by Gasteiger charge is 2.27. The lowest BCUT2D eigenvalue weighted by atomic mass is 10.5. The van der Waals surface area contributed by atoms with Gasteiger partial charge in [0.15, 0.2) is 0 Å². The second kappa shape index (κ2) is 4.99. The second-order valence-corrected chi connectivity index (χ2v) is 5.65. The lowest BCUT2D eigenvalue weighted by Gasteiger charge is -2.18. The van der Waals surface area contributed by atoms with Gasteiger partial charge in [-0.1, -0.05) is 0 Å². The van der Waals surface area contributed by atoms with Gasteiger partial charge < -0.3 is 9.72 Å². The smallest absolute Gasteiger partial charge is 0.248 e. The number of hydrogen-bond acceptors (Lipinski definition) is 4. The number of hydrogen-bond donors (Lipinski definition) is 1. The first-order valence-electron chi connectivity index (χ1n) is 5.37. The molecular weight excluding hydrogens is 244 g/mol. The number of nitrogens with zero attached hydrogens (tertiary/aromatic N) is 1. The summed E-state index contributed by atoms with van der Waals surface area (Å²) in [6, 6.07) is 1.21. The third-order valence-electron chi connectivity index (χ3n) is 2.59. The minimum absolute atomic E-state index is 0.207. The molecule has 0 aliphatic carbocycles. The number of ether oxygens (including phenoxy) is 1. The molecule has 0 unspecified atom stereocenters. The molecule has 0 saturated carbocycles. The van der Waals surface area contributed by atoms with Crippen LogP contribution in [0.1, 0.15) is 6.42 Å². The van der Waals surface area contributed by atoms with Gasteiger partial charge in [0.25, 0.3) is 0 Å². The van der Waals surface area contributed by atoms with E-state index >= 15 is 0 Å². The normalized spacial score (nSPS) is 18.8. The van der Waals surface area contributed by atoms with Gasteiger partial charge in [-0.25, -0.2) is 8.42 Å². The monoisotopic (exact) mass is 258 g/mol. The summed E-state index contributed by atoms with van der Waals surface area (Å²) in [5.41, 5.74) is -0.492. The predicted octanol–water partition coefficient (Wildman–Crippen LogP) is -0.214. The van der Waals surface area contributed by atoms with Crippen LogP contribution in [0, 0.1) is 0 Å². The van der Waals surface area contributed by atoms with Gasteiger partial charge in [0, 0.05) is 38.2 Å². The Hall–Kier alpha value is -1.18. The number of H-pyrrole nitrogens is 1. The zero-order chi connectivity index (χ0) is 12.3. The summed E-state index contributed by atoms with van der Waals surface area (Å²) in [5.74, 6) is 0. The van der Waals surface area contributed by atoms with Crippen LogP contribution in [0.25, 0.3) is 0 Å². The lowest BCUT2D eigenvalue weighted by molar-refractivity contribution is 0.148. The molecule has 17 heavy (non-hydrogen) atoms. The van der Waals surface area contributed by atoms with Gasteiger partial charge in [-0.2, -0.15) is 4.31 Å². The first kappa shape index (κ1) is 12.3. The van der Waals surface area contributed by atoms with Gasteiger partial charge in [0.2, 0.25) is 15.5 Å². The quantitative estimate of drug-likeness (QED) is 0.795. The fourth-order valence-corrected chi connectivity index (χ4v) is 3.21. The molecule has 6 nitrogen and oxygen atoms in total. The van der Waals surface area contributed by atoms with E-state index in [2.05, 4.69) is 4.98 Å². The molecule has 2 rings (SSSR count). The van der Waals surface area contributed by atoms with Crippen molar-refractivity contribution in [2.24, 2.45) is 0 Å². The van der Waals surface area contributed by atoms with Gasteiger partial charge in [-0.15, -0.1) is 0 Å². The molecule has 2 heterocycles. The zero-order valence-corrected chi connectivity index (χ0v) is 10.1. The predicted molar refractivity (Wildman–Crippen MR) is 61.3 cm³/mol. The van der Waals surface area contributed by atoms with Crippen LogP contribution in [0.2, 0.25) is 0 Å². The van der Waals surface area contributed by atoms with E-state index in [1.807, 2.05) is 0 Å². The molecule has 0 spiro atoms. The largest absolute Gasteiger partial charge is 0.380 e. The van der Waals surface area contributed by atoms with E-state index in [9.17, 15) is 13.2 Å². The first-order valence-corrected chi connectivity index (χ1v) is 6.81. The number of nitrogens with one attached hydrogen (secondary N) is 1. The Labute approximate surface area is 99.3 Å². The molecule has 0 radical (unpaired) electrons. The van der Waals surface area contributed by atoms with Crippen molar-refractivity contribution in [3.05, 3.63) is 28.7 Å². The van der Waals surface area contributed by atoms with E-state index in [0.29, 0.717) is 26.2 Å². The van der Waals surface area contributed by atoms with Crippen molar-refractivity contribution < 1.29 is 13.2 Å². The van der Waals surface area contributed by atoms with Crippen LogP contribution in [0.3, 0.4) is 0 Å². The Bertz CT molecular complexity index is 529. The fourth-order valence-electron chi connectivity index (χ4n) is 1.71. The standard InChI is InChI=1S/C10H14N2O4S/c13-9-2-3-11-8-10(9)17(14,15)12-4-1-6-16-7-5-12/h2-3,8H,1,4-7H2,(H,11,13). The second-order valence-electron chi connectivity index (χ2n) is 3.74. The Morgan fingerprint density at radius 3 is 2.88 bits per heavy atom. The van der Waals surface area contributed by atoms with Crippen LogP contribution in [0.5, 0.6) is 0 Å². The third-order valence-corrected chi connectivity index (χ3v) is 4.51. The maximum atomic E-state index is 12.2. The molecule has 0 aromatic carbocycles. The summed E-state index contributed by atoms with van der Waals surface area (Å²) in [4.78, 5) is 14.0. The van der Waals surface area contributed by atoms with Gasteiger partial charge >= 0.3 is 0 Å². The van der Waals surface area contributed by atoms with Gasteiger partial charge in [0.05, 0.1) is 6.61 Å². The topological polar surface area (TPSA) is 79.5 Å². The van der Waals surface area contributed by atoms with E-state index in [-0.39, 0.29) is 11.4 Å². The summed E-state index contributed by atoms with van der Waals surface area (Å²) in [5, 5.41) is 0. The van der Waals surface area contributed by atoms with Crippen molar-refractivity contribution in [3.63, 3.8) is 0 Å². The molecule has 0 bridgehead atoms. The molecule has 1 aromatic heterocycles. The molecule has 1 aromatic rings. The molecule has 1 aliphatic rings. The van der Waals surface area contributed by atoms with Crippen LogP contribution >= 0.6 is 0 Å². The van der Waals surface area contributed by atoms with E-state index in [1.54, 1.807) is 0 Å². The lowest BCUT2D eigenvalue weighted by Crippen LogP contribution is -2.35. The summed E-state index contributed by atoms with van der Waals surface area (Å²) in [6.45, 7) is 1.59. The van der Waals surface area contributed by atoms with Crippen molar-refractivity contribution in [2.75, 3.05) is 26.3 Å². The van der Waals surface area contributed by atoms with Gasteiger partial charge in [-0.05, 0) is 6.42 Å². The Balaban J connectivity index is 2.36. The molecule has 1 N–H and O–H groups in total. The minimum atomic E-state index is -3.71. The molecule has 1 fully saturated rings. The summed E-state index contributed by atoms with van der Waals surface area (Å²) in [7, 11) is -3.71. The fraction of sp³-hybridized carbons (Fsp3) is 0.500. The van der Waals surface area contributed by atoms with Crippen molar-refractivity contribution in [1.82, 2.24) is 9.29 Å². The van der Waals surface area contributed by atoms with Gasteiger partial charge in [-0.3, -0.25) is 4.79 Å².